The zero-order valence-corrected chi connectivity index (χ0v) is 11.2. The molecule has 1 aromatic carbocycles. The molecule has 1 aromatic rings. The van der Waals surface area contributed by atoms with Crippen molar-refractivity contribution in [3.8, 4) is 0 Å². The molecule has 0 heterocycles. The van der Waals surface area contributed by atoms with E-state index >= 15 is 0 Å². The van der Waals surface area contributed by atoms with Crippen molar-refractivity contribution < 1.29 is 5.11 Å². The van der Waals surface area contributed by atoms with Gasteiger partial charge in [0.2, 0.25) is 0 Å². The molecule has 1 nitrogen and oxygen atoms in total. The Morgan fingerprint density at radius 2 is 1.94 bits per heavy atom. The molecule has 17 heavy (non-hydrogen) atoms. The number of benzene rings is 1. The Balaban J connectivity index is 2.31. The highest BCUT2D eigenvalue weighted by atomic mass is 16.3. The van der Waals surface area contributed by atoms with Gasteiger partial charge in [-0.25, -0.2) is 0 Å². The highest BCUT2D eigenvalue weighted by molar-refractivity contribution is 5.34. The molecule has 1 heteroatoms. The van der Waals surface area contributed by atoms with Crippen LogP contribution in [0.5, 0.6) is 0 Å². The molecule has 1 aliphatic rings. The average Bonchev–Trinajstić information content (AvgIpc) is 2.26. The molecule has 1 saturated carbocycles. The second-order valence-corrected chi connectivity index (χ2v) is 6.00. The Morgan fingerprint density at radius 3 is 2.47 bits per heavy atom. The summed E-state index contributed by atoms with van der Waals surface area (Å²) in [6.07, 6.45) is 4.57. The summed E-state index contributed by atoms with van der Waals surface area (Å²) in [6.45, 7) is 6.44. The molecular formula is C16H24O. The molecule has 0 spiro atoms. The van der Waals surface area contributed by atoms with Gasteiger partial charge in [0.15, 0.2) is 0 Å². The van der Waals surface area contributed by atoms with E-state index in [0.717, 1.165) is 12.0 Å². The van der Waals surface area contributed by atoms with Crippen molar-refractivity contribution in [1.29, 1.82) is 0 Å². The summed E-state index contributed by atoms with van der Waals surface area (Å²) in [5.74, 6) is 0.688. The lowest BCUT2D eigenvalue weighted by Crippen LogP contribution is -2.23. The lowest BCUT2D eigenvalue weighted by atomic mass is 9.73. The van der Waals surface area contributed by atoms with Crippen LogP contribution in [0, 0.1) is 5.41 Å². The largest absolute Gasteiger partial charge is 0.388 e. The summed E-state index contributed by atoms with van der Waals surface area (Å²) in [5, 5.41) is 10.6. The van der Waals surface area contributed by atoms with Gasteiger partial charge in [0.05, 0.1) is 6.10 Å². The lowest BCUT2D eigenvalue weighted by molar-refractivity contribution is 0.0452. The maximum absolute atomic E-state index is 10.6. The van der Waals surface area contributed by atoms with Crippen molar-refractivity contribution in [2.75, 3.05) is 0 Å². The van der Waals surface area contributed by atoms with Crippen molar-refractivity contribution in [2.24, 2.45) is 5.41 Å². The molecule has 0 bridgehead atoms. The fourth-order valence-electron chi connectivity index (χ4n) is 2.47. The molecule has 0 aromatic heterocycles. The van der Waals surface area contributed by atoms with Gasteiger partial charge in [-0.2, -0.15) is 0 Å². The van der Waals surface area contributed by atoms with Gasteiger partial charge in [-0.1, -0.05) is 51.5 Å². The molecule has 1 atom stereocenters. The van der Waals surface area contributed by atoms with E-state index < -0.39 is 0 Å². The van der Waals surface area contributed by atoms with Crippen LogP contribution in [0.2, 0.25) is 0 Å². The fourth-order valence-corrected chi connectivity index (χ4v) is 2.47. The third-order valence-corrected chi connectivity index (χ3v) is 4.49. The Bertz CT molecular complexity index is 377. The maximum atomic E-state index is 10.6. The zero-order chi connectivity index (χ0) is 12.5. The topological polar surface area (TPSA) is 20.2 Å². The Morgan fingerprint density at radius 1 is 1.29 bits per heavy atom. The number of hydrogen-bond donors (Lipinski definition) is 1. The van der Waals surface area contributed by atoms with E-state index in [2.05, 4.69) is 39.0 Å². The van der Waals surface area contributed by atoms with Crippen LogP contribution in [0.1, 0.15) is 69.6 Å². The predicted octanol–water partition coefficient (Wildman–Crippen LogP) is 4.42. The molecule has 0 saturated heterocycles. The second-order valence-electron chi connectivity index (χ2n) is 6.00. The van der Waals surface area contributed by atoms with Crippen LogP contribution in [0.25, 0.3) is 0 Å². The molecule has 1 N–H and O–H groups in total. The molecule has 2 rings (SSSR count). The number of hydrogen-bond acceptors (Lipinski definition) is 1. The molecule has 0 aliphatic heterocycles. The lowest BCUT2D eigenvalue weighted by Gasteiger charge is -2.34. The predicted molar refractivity (Wildman–Crippen MR) is 72.1 cm³/mol. The van der Waals surface area contributed by atoms with E-state index in [4.69, 9.17) is 0 Å². The monoisotopic (exact) mass is 232 g/mol. The van der Waals surface area contributed by atoms with Crippen LogP contribution in [0.3, 0.4) is 0 Å². The molecule has 1 fully saturated rings. The minimum atomic E-state index is -0.343. The Labute approximate surface area is 105 Å². The summed E-state index contributed by atoms with van der Waals surface area (Å²) in [6, 6.07) is 8.46. The van der Waals surface area contributed by atoms with E-state index in [1.54, 1.807) is 0 Å². The zero-order valence-electron chi connectivity index (χ0n) is 11.2. The van der Waals surface area contributed by atoms with Gasteiger partial charge in [0.25, 0.3) is 0 Å². The van der Waals surface area contributed by atoms with Gasteiger partial charge in [0, 0.05) is 0 Å². The van der Waals surface area contributed by atoms with Crippen LogP contribution >= 0.6 is 0 Å². The van der Waals surface area contributed by atoms with Gasteiger partial charge in [-0.15, -0.1) is 0 Å². The van der Waals surface area contributed by atoms with Crippen molar-refractivity contribution in [2.45, 2.75) is 58.5 Å². The molecule has 1 aliphatic carbocycles. The van der Waals surface area contributed by atoms with Crippen LogP contribution in [-0.2, 0) is 0 Å². The van der Waals surface area contributed by atoms with E-state index in [-0.39, 0.29) is 11.5 Å². The number of rotatable bonds is 4. The molecule has 0 radical (unpaired) electrons. The molecule has 94 valence electrons. The molecular weight excluding hydrogens is 208 g/mol. The standard InChI is InChI=1S/C16H24O/c1-4-16(2,3)15(17)14-11-6-5-10-13(14)12-8-7-9-12/h5-6,10-12,15,17H,4,7-9H2,1-3H3. The summed E-state index contributed by atoms with van der Waals surface area (Å²) in [4.78, 5) is 0. The van der Waals surface area contributed by atoms with Gasteiger partial charge in [-0.05, 0) is 41.7 Å². The van der Waals surface area contributed by atoms with Gasteiger partial charge in [0.1, 0.15) is 0 Å². The van der Waals surface area contributed by atoms with Crippen LogP contribution in [0.15, 0.2) is 24.3 Å². The second kappa shape index (κ2) is 4.81. The molecule has 0 amide bonds. The summed E-state index contributed by atoms with van der Waals surface area (Å²) in [7, 11) is 0. The van der Waals surface area contributed by atoms with Gasteiger partial charge < -0.3 is 5.11 Å². The highest BCUT2D eigenvalue weighted by Crippen LogP contribution is 2.43. The van der Waals surface area contributed by atoms with E-state index in [1.807, 2.05) is 6.07 Å². The Kier molecular flexibility index (Phi) is 3.58. The van der Waals surface area contributed by atoms with Crippen LogP contribution in [0.4, 0.5) is 0 Å². The first-order valence-electron chi connectivity index (χ1n) is 6.83. The average molecular weight is 232 g/mol. The minimum absolute atomic E-state index is 0.0418. The van der Waals surface area contributed by atoms with Crippen molar-refractivity contribution in [3.05, 3.63) is 35.4 Å². The first-order valence-corrected chi connectivity index (χ1v) is 6.83. The smallest absolute Gasteiger partial charge is 0.0843 e. The highest BCUT2D eigenvalue weighted by Gasteiger charge is 2.31. The van der Waals surface area contributed by atoms with Crippen molar-refractivity contribution in [1.82, 2.24) is 0 Å². The summed E-state index contributed by atoms with van der Waals surface area (Å²) >= 11 is 0. The van der Waals surface area contributed by atoms with Gasteiger partial charge >= 0.3 is 0 Å². The first kappa shape index (κ1) is 12.6. The van der Waals surface area contributed by atoms with Crippen molar-refractivity contribution >= 4 is 0 Å². The SMILES string of the molecule is CCC(C)(C)C(O)c1ccccc1C1CCC1. The van der Waals surface area contributed by atoms with Crippen LogP contribution < -0.4 is 0 Å². The van der Waals surface area contributed by atoms with E-state index in [0.29, 0.717) is 5.92 Å². The normalized spacial score (nSPS) is 18.8. The molecule has 1 unspecified atom stereocenters. The maximum Gasteiger partial charge on any atom is 0.0843 e. The number of aliphatic hydroxyl groups is 1. The summed E-state index contributed by atoms with van der Waals surface area (Å²) in [5.41, 5.74) is 2.50. The van der Waals surface area contributed by atoms with E-state index in [9.17, 15) is 5.11 Å². The first-order chi connectivity index (χ1) is 8.06. The van der Waals surface area contributed by atoms with E-state index in [1.165, 1.54) is 24.8 Å². The Hall–Kier alpha value is -0.820. The van der Waals surface area contributed by atoms with Gasteiger partial charge in [-0.3, -0.25) is 0 Å². The van der Waals surface area contributed by atoms with Crippen molar-refractivity contribution in [3.63, 3.8) is 0 Å². The fraction of sp³-hybridized carbons (Fsp3) is 0.625. The third-order valence-electron chi connectivity index (χ3n) is 4.49. The third kappa shape index (κ3) is 2.40. The van der Waals surface area contributed by atoms with Crippen LogP contribution in [-0.4, -0.2) is 5.11 Å². The summed E-state index contributed by atoms with van der Waals surface area (Å²) < 4.78 is 0. The number of aliphatic hydroxyl groups excluding tert-OH is 1. The minimum Gasteiger partial charge on any atom is -0.388 e. The quantitative estimate of drug-likeness (QED) is 0.814.